The molecule has 1 aromatic heterocycles. The second-order valence-electron chi connectivity index (χ2n) is 15.1. The van der Waals surface area contributed by atoms with Crippen molar-refractivity contribution >= 4 is 34.0 Å². The number of hydrogen-bond acceptors (Lipinski definition) is 3. The monoisotopic (exact) mass is 679 g/mol. The van der Waals surface area contributed by atoms with E-state index in [0.717, 1.165) is 65.7 Å². The molecule has 0 amide bonds. The van der Waals surface area contributed by atoms with Gasteiger partial charge in [0.1, 0.15) is 12.6 Å². The number of carboxylic acid groups (broad SMARTS) is 1. The molecule has 3 heterocycles. The van der Waals surface area contributed by atoms with E-state index in [-0.39, 0.29) is 10.8 Å². The number of rotatable bonds is 10. The Balaban J connectivity index is 1.32. The van der Waals surface area contributed by atoms with Gasteiger partial charge in [0.15, 0.2) is 5.71 Å². The smallest absolute Gasteiger partial charge is 0.326 e. The standard InChI is InChI=1S/C45H50N4O2/c1-7-48-38-22-13-10-19-34(38)44(3,4)40(48)26-24-30-16-15-17-31(25-27-41-45(5,6)35-20-11-14-23-39(35)49(41)8-2)42(30)47-37(43(50)51)28-32-29-46-36-21-12-9-18-33(32)36/h9-14,18-27,29,37,46H,7-8,15-17,28H2,1-6H3,(H,50,51)/p+1/b30-24+,40-26+/t37-/m0/s1. The van der Waals surface area contributed by atoms with E-state index in [9.17, 15) is 9.90 Å². The summed E-state index contributed by atoms with van der Waals surface area (Å²) in [7, 11) is 0. The van der Waals surface area contributed by atoms with Gasteiger partial charge >= 0.3 is 5.97 Å². The number of carboxylic acids is 1. The highest BCUT2D eigenvalue weighted by atomic mass is 16.4. The first kappa shape index (κ1) is 34.4. The van der Waals surface area contributed by atoms with Crippen LogP contribution < -0.4 is 10.2 Å². The number of nitrogens with one attached hydrogen (secondary N) is 2. The Labute approximate surface area is 302 Å². The quantitative estimate of drug-likeness (QED) is 0.146. The van der Waals surface area contributed by atoms with E-state index < -0.39 is 12.0 Å². The first-order chi connectivity index (χ1) is 24.6. The number of fused-ring (bicyclic) bond motifs is 3. The van der Waals surface area contributed by atoms with E-state index in [0.29, 0.717) is 6.42 Å². The predicted molar refractivity (Wildman–Crippen MR) is 210 cm³/mol. The summed E-state index contributed by atoms with van der Waals surface area (Å²) in [5.41, 5.74) is 12.6. The zero-order chi connectivity index (χ0) is 35.9. The van der Waals surface area contributed by atoms with E-state index in [4.69, 9.17) is 0 Å². The van der Waals surface area contributed by atoms with Crippen molar-refractivity contribution in [3.8, 4) is 0 Å². The number of para-hydroxylation sites is 3. The minimum absolute atomic E-state index is 0.152. The number of carbonyl (C=O) groups is 1. The van der Waals surface area contributed by atoms with E-state index in [2.05, 4.69) is 140 Å². The molecule has 6 nitrogen and oxygen atoms in total. The van der Waals surface area contributed by atoms with Gasteiger partial charge in [0.2, 0.25) is 5.69 Å². The Morgan fingerprint density at radius 3 is 2.41 bits per heavy atom. The molecule has 2 aliphatic heterocycles. The molecule has 262 valence electrons. The summed E-state index contributed by atoms with van der Waals surface area (Å²) in [4.78, 5) is 18.8. The molecule has 51 heavy (non-hydrogen) atoms. The zero-order valence-corrected chi connectivity index (χ0v) is 30.9. The summed E-state index contributed by atoms with van der Waals surface area (Å²) in [6, 6.07) is 24.7. The molecule has 0 spiro atoms. The molecule has 0 saturated carbocycles. The molecule has 0 unspecified atom stereocenters. The zero-order valence-electron chi connectivity index (χ0n) is 30.9. The molecule has 6 heteroatoms. The maximum absolute atomic E-state index is 13.0. The number of benzene rings is 3. The van der Waals surface area contributed by atoms with Crippen LogP contribution in [0.3, 0.4) is 0 Å². The van der Waals surface area contributed by atoms with Crippen LogP contribution in [-0.2, 0) is 22.0 Å². The lowest BCUT2D eigenvalue weighted by Crippen LogP contribution is -2.39. The van der Waals surface area contributed by atoms with Crippen molar-refractivity contribution in [1.29, 1.82) is 0 Å². The van der Waals surface area contributed by atoms with Gasteiger partial charge in [0.05, 0.1) is 5.41 Å². The molecular weight excluding hydrogens is 629 g/mol. The average molecular weight is 680 g/mol. The molecule has 3 aromatic carbocycles. The second kappa shape index (κ2) is 13.6. The van der Waals surface area contributed by atoms with E-state index >= 15 is 0 Å². The van der Waals surface area contributed by atoms with Crippen LogP contribution in [0.1, 0.15) is 77.5 Å². The van der Waals surface area contributed by atoms with Crippen molar-refractivity contribution in [2.45, 2.75) is 84.1 Å². The van der Waals surface area contributed by atoms with Crippen LogP contribution in [0.2, 0.25) is 0 Å². The van der Waals surface area contributed by atoms with Crippen LogP contribution >= 0.6 is 0 Å². The lowest BCUT2D eigenvalue weighted by atomic mass is 9.81. The molecule has 0 bridgehead atoms. The number of nitrogens with zero attached hydrogens (tertiary/aromatic N) is 2. The molecule has 0 saturated heterocycles. The Bertz CT molecular complexity index is 2150. The van der Waals surface area contributed by atoms with Crippen molar-refractivity contribution in [1.82, 2.24) is 10.3 Å². The molecule has 1 aliphatic carbocycles. The van der Waals surface area contributed by atoms with Crippen molar-refractivity contribution in [2.75, 3.05) is 18.0 Å². The molecule has 0 radical (unpaired) electrons. The molecular formula is C45H51N4O2+. The lowest BCUT2D eigenvalue weighted by molar-refractivity contribution is -0.433. The summed E-state index contributed by atoms with van der Waals surface area (Å²) in [5.74, 6) is -0.858. The van der Waals surface area contributed by atoms with Crippen molar-refractivity contribution in [2.24, 2.45) is 0 Å². The van der Waals surface area contributed by atoms with Crippen molar-refractivity contribution < 1.29 is 14.5 Å². The number of aromatic amines is 1. The van der Waals surface area contributed by atoms with Crippen LogP contribution in [0.4, 0.5) is 11.4 Å². The number of aliphatic carboxylic acids is 1. The fourth-order valence-corrected chi connectivity index (χ4v) is 8.66. The minimum atomic E-state index is -0.858. The summed E-state index contributed by atoms with van der Waals surface area (Å²) >= 11 is 0. The van der Waals surface area contributed by atoms with Crippen LogP contribution in [0.5, 0.6) is 0 Å². The van der Waals surface area contributed by atoms with Gasteiger partial charge < -0.3 is 20.3 Å². The summed E-state index contributed by atoms with van der Waals surface area (Å²) in [6.45, 7) is 15.4. The van der Waals surface area contributed by atoms with E-state index in [1.54, 1.807) is 0 Å². The maximum Gasteiger partial charge on any atom is 0.326 e. The SMILES string of the molecule is CCN1/C(=C/C=C2\CCCC(/C=C/C3=[N+](CC)c4ccccc4C3(C)C)=C2N[C@@H](Cc2c[nH]c3ccccc23)C(=O)O)C(C)(C)c2ccccc21. The van der Waals surface area contributed by atoms with Gasteiger partial charge in [-0.2, -0.15) is 4.58 Å². The Morgan fingerprint density at radius 1 is 0.922 bits per heavy atom. The molecule has 3 N–H and O–H groups in total. The lowest BCUT2D eigenvalue weighted by Gasteiger charge is -2.28. The largest absolute Gasteiger partial charge is 0.480 e. The maximum atomic E-state index is 13.0. The topological polar surface area (TPSA) is 71.4 Å². The number of anilines is 1. The summed E-state index contributed by atoms with van der Waals surface area (Å²) < 4.78 is 2.42. The Kier molecular flexibility index (Phi) is 9.13. The second-order valence-corrected chi connectivity index (χ2v) is 15.1. The van der Waals surface area contributed by atoms with Crippen molar-refractivity contribution in [3.05, 3.63) is 143 Å². The fraction of sp³-hybridized carbons (Fsp3) is 0.333. The molecule has 0 fully saturated rings. The highest BCUT2D eigenvalue weighted by Gasteiger charge is 2.43. The molecule has 3 aliphatic rings. The van der Waals surface area contributed by atoms with Crippen LogP contribution in [0.15, 0.2) is 126 Å². The third-order valence-corrected chi connectivity index (χ3v) is 11.4. The normalized spacial score (nSPS) is 20.2. The number of aromatic nitrogens is 1. The average Bonchev–Trinajstić information content (AvgIpc) is 3.71. The molecule has 4 aromatic rings. The van der Waals surface area contributed by atoms with E-state index in [1.165, 1.54) is 33.9 Å². The highest BCUT2D eigenvalue weighted by Crippen LogP contribution is 2.47. The Morgan fingerprint density at radius 2 is 1.65 bits per heavy atom. The first-order valence-electron chi connectivity index (χ1n) is 18.5. The van der Waals surface area contributed by atoms with Gasteiger partial charge in [-0.05, 0) is 87.4 Å². The first-order valence-corrected chi connectivity index (χ1v) is 18.5. The van der Waals surface area contributed by atoms with Gasteiger partial charge in [-0.3, -0.25) is 0 Å². The predicted octanol–water partition coefficient (Wildman–Crippen LogP) is 9.47. The third-order valence-electron chi connectivity index (χ3n) is 11.4. The Hall–Kier alpha value is -5.10. The van der Waals surface area contributed by atoms with Gasteiger partial charge in [-0.25, -0.2) is 4.79 Å². The van der Waals surface area contributed by atoms with Gasteiger partial charge in [-0.15, -0.1) is 0 Å². The molecule has 7 rings (SSSR count). The van der Waals surface area contributed by atoms with Gasteiger partial charge in [0, 0.05) is 70.3 Å². The summed E-state index contributed by atoms with van der Waals surface area (Å²) in [6.07, 6.45) is 14.1. The number of H-pyrrole nitrogens is 1. The van der Waals surface area contributed by atoms with Crippen molar-refractivity contribution in [3.63, 3.8) is 0 Å². The fourth-order valence-electron chi connectivity index (χ4n) is 8.66. The third kappa shape index (κ3) is 6.05. The van der Waals surface area contributed by atoms with Gasteiger partial charge in [0.25, 0.3) is 0 Å². The minimum Gasteiger partial charge on any atom is -0.480 e. The highest BCUT2D eigenvalue weighted by molar-refractivity contribution is 6.03. The van der Waals surface area contributed by atoms with Crippen LogP contribution in [-0.4, -0.2) is 45.5 Å². The van der Waals surface area contributed by atoms with Crippen LogP contribution in [0, 0.1) is 0 Å². The number of likely N-dealkylation sites (N-methyl/N-ethyl adjacent to an activating group) is 1. The van der Waals surface area contributed by atoms with Crippen LogP contribution in [0.25, 0.3) is 10.9 Å². The summed E-state index contributed by atoms with van der Waals surface area (Å²) in [5, 5.41) is 15.3. The number of allylic oxidation sites excluding steroid dienone is 7. The van der Waals surface area contributed by atoms with Gasteiger partial charge in [-0.1, -0.05) is 80.6 Å². The number of hydrogen-bond donors (Lipinski definition) is 3. The molecule has 1 atom stereocenters. The van der Waals surface area contributed by atoms with E-state index in [1.807, 2.05) is 24.4 Å².